The van der Waals surface area contributed by atoms with Crippen molar-refractivity contribution < 1.29 is 35.2 Å². The summed E-state index contributed by atoms with van der Waals surface area (Å²) < 4.78 is 98.8. The first-order valence-electron chi connectivity index (χ1n) is 13.3. The molecule has 0 bridgehead atoms. The number of sulfonamides is 1. The van der Waals surface area contributed by atoms with Crippen LogP contribution in [0.4, 0.5) is 27.8 Å². The first kappa shape index (κ1) is 31.7. The Morgan fingerprint density at radius 1 is 1.13 bits per heavy atom. The zero-order chi connectivity index (χ0) is 33.0. The topological polar surface area (TPSA) is 131 Å². The third-order valence-electron chi connectivity index (χ3n) is 7.52. The van der Waals surface area contributed by atoms with Gasteiger partial charge in [0.15, 0.2) is 5.03 Å². The average molecular weight is 649 g/mol. The number of hydrogen-bond acceptors (Lipinski definition) is 7. The van der Waals surface area contributed by atoms with Crippen molar-refractivity contribution in [2.45, 2.75) is 31.1 Å². The number of nitrogens with zero attached hydrogens (tertiary/aromatic N) is 5. The molecule has 2 aromatic heterocycles. The highest BCUT2D eigenvalue weighted by molar-refractivity contribution is 7.89. The second-order valence-electron chi connectivity index (χ2n) is 10.4. The van der Waals surface area contributed by atoms with Crippen molar-refractivity contribution >= 4 is 32.7 Å². The molecule has 0 aliphatic carbocycles. The Morgan fingerprint density at radius 2 is 1.84 bits per heavy atom. The van der Waals surface area contributed by atoms with Crippen LogP contribution in [0.25, 0.3) is 27.7 Å². The fraction of sp³-hybridized carbons (Fsp3) is 0.241. The first-order valence-corrected chi connectivity index (χ1v) is 14.9. The molecule has 1 aliphatic heterocycles. The van der Waals surface area contributed by atoms with E-state index in [-0.39, 0.29) is 53.5 Å². The smallest absolute Gasteiger partial charge is 0.350 e. The van der Waals surface area contributed by atoms with Gasteiger partial charge in [0, 0.05) is 48.4 Å². The monoisotopic (exact) mass is 648 g/mol. The lowest BCUT2D eigenvalue weighted by molar-refractivity contribution is -0.137. The number of aryl methyl sites for hydroxylation is 1. The molecule has 236 valence electrons. The van der Waals surface area contributed by atoms with E-state index in [0.29, 0.717) is 6.07 Å². The Hall–Kier alpha value is -4.70. The second-order valence-corrected chi connectivity index (χ2v) is 11.9. The predicted octanol–water partition coefficient (Wildman–Crippen LogP) is 3.92. The van der Waals surface area contributed by atoms with E-state index in [9.17, 15) is 31.2 Å². The number of alkyl halides is 3. The fourth-order valence-corrected chi connectivity index (χ4v) is 6.23. The number of nitrogens with two attached hydrogens (primary N) is 1. The van der Waals surface area contributed by atoms with Gasteiger partial charge in [0.2, 0.25) is 5.91 Å². The maximum Gasteiger partial charge on any atom is 0.417 e. The number of carbonyl (C=O) groups is 1. The number of primary sulfonamides is 1. The van der Waals surface area contributed by atoms with Crippen molar-refractivity contribution in [2.75, 3.05) is 24.5 Å². The molecule has 5 rings (SSSR count). The molecule has 0 spiro atoms. The number of halogens is 5. The van der Waals surface area contributed by atoms with Gasteiger partial charge in [-0.3, -0.25) is 9.36 Å². The molecule has 16 heteroatoms. The number of pyridine rings is 1. The third-order valence-corrected chi connectivity index (χ3v) is 8.36. The zero-order valence-electron chi connectivity index (χ0n) is 23.8. The zero-order valence-corrected chi connectivity index (χ0v) is 24.6. The lowest BCUT2D eigenvalue weighted by atomic mass is 9.96. The summed E-state index contributed by atoms with van der Waals surface area (Å²) in [6.07, 6.45) is -2.81. The summed E-state index contributed by atoms with van der Waals surface area (Å²) in [4.78, 5) is 37.1. The van der Waals surface area contributed by atoms with Crippen LogP contribution in [0.15, 0.2) is 65.1 Å². The molecule has 0 saturated carbocycles. The molecule has 0 unspecified atom stereocenters. The first-order chi connectivity index (χ1) is 21.0. The summed E-state index contributed by atoms with van der Waals surface area (Å²) in [5, 5.41) is 4.53. The van der Waals surface area contributed by atoms with Gasteiger partial charge < -0.3 is 9.80 Å². The van der Waals surface area contributed by atoms with Crippen molar-refractivity contribution in [1.29, 1.82) is 0 Å². The summed E-state index contributed by atoms with van der Waals surface area (Å²) >= 11 is 0. The summed E-state index contributed by atoms with van der Waals surface area (Å²) in [6.45, 7) is 7.07. The van der Waals surface area contributed by atoms with Gasteiger partial charge in [-0.25, -0.2) is 32.1 Å². The van der Waals surface area contributed by atoms with Crippen LogP contribution in [0.3, 0.4) is 0 Å². The number of hydrogen-bond donors (Lipinski definition) is 1. The molecule has 1 fully saturated rings. The number of piperazine rings is 1. The number of anilines is 1. The van der Waals surface area contributed by atoms with Gasteiger partial charge in [-0.1, -0.05) is 12.6 Å². The van der Waals surface area contributed by atoms with Gasteiger partial charge in [0.05, 0.1) is 16.8 Å². The quantitative estimate of drug-likeness (QED) is 0.256. The normalized spacial score (nSPS) is 15.9. The fourth-order valence-electron chi connectivity index (χ4n) is 5.50. The summed E-state index contributed by atoms with van der Waals surface area (Å²) in [5.41, 5.74) is -5.03. The van der Waals surface area contributed by atoms with Gasteiger partial charge in [-0.15, -0.1) is 0 Å². The van der Waals surface area contributed by atoms with Crippen molar-refractivity contribution in [1.82, 2.24) is 19.4 Å². The number of rotatable bonds is 5. The van der Waals surface area contributed by atoms with E-state index in [1.54, 1.807) is 11.8 Å². The second kappa shape index (κ2) is 11.3. The standard InChI is InChI=1S/C29H25F5N6O4S/c1-4-23(41)38-10-11-39(16(3)14-38)26-18-12-21(31)17(24-19(29(32,33)34)6-5-7-20(24)30)13-22(18)40(28(42)37-26)25-15(2)8-9-36-27(25)45(35,43)44/h4-9,12-13,16H,1,10-11,14H2,2-3H3,(H2,35,43,44)/t16-/m0/s1. The molecular formula is C29H25F5N6O4S. The van der Waals surface area contributed by atoms with Crippen molar-refractivity contribution in [3.63, 3.8) is 0 Å². The van der Waals surface area contributed by atoms with E-state index >= 15 is 8.78 Å². The molecule has 1 amide bonds. The van der Waals surface area contributed by atoms with Crippen LogP contribution in [-0.4, -0.2) is 59.4 Å². The van der Waals surface area contributed by atoms with Crippen LogP contribution in [0.2, 0.25) is 0 Å². The van der Waals surface area contributed by atoms with Gasteiger partial charge >= 0.3 is 11.9 Å². The largest absolute Gasteiger partial charge is 0.417 e. The minimum absolute atomic E-state index is 0.0850. The molecule has 4 aromatic rings. The van der Waals surface area contributed by atoms with Gasteiger partial charge in [0.25, 0.3) is 10.0 Å². The Balaban J connectivity index is 1.89. The van der Waals surface area contributed by atoms with Crippen molar-refractivity contribution in [2.24, 2.45) is 5.14 Å². The third kappa shape index (κ3) is 5.66. The molecule has 3 heterocycles. The molecule has 1 atom stereocenters. The maximum atomic E-state index is 15.9. The highest BCUT2D eigenvalue weighted by Gasteiger charge is 2.37. The molecule has 2 aromatic carbocycles. The molecular weight excluding hydrogens is 623 g/mol. The van der Waals surface area contributed by atoms with Gasteiger partial charge in [0.1, 0.15) is 17.5 Å². The van der Waals surface area contributed by atoms with Crippen LogP contribution in [-0.2, 0) is 21.0 Å². The van der Waals surface area contributed by atoms with Crippen LogP contribution < -0.4 is 15.7 Å². The maximum absolute atomic E-state index is 15.9. The minimum atomic E-state index is -5.08. The summed E-state index contributed by atoms with van der Waals surface area (Å²) in [7, 11) is -4.59. The van der Waals surface area contributed by atoms with E-state index in [0.717, 1.165) is 41.1 Å². The Kier molecular flexibility index (Phi) is 7.99. The van der Waals surface area contributed by atoms with Gasteiger partial charge in [-0.2, -0.15) is 18.2 Å². The van der Waals surface area contributed by atoms with Crippen LogP contribution in [0.5, 0.6) is 0 Å². The van der Waals surface area contributed by atoms with E-state index in [4.69, 9.17) is 5.14 Å². The number of aromatic nitrogens is 3. The average Bonchev–Trinajstić information content (AvgIpc) is 2.96. The SMILES string of the molecule is C=CC(=O)N1CCN(c2nc(=O)n(-c3c(C)ccnc3S(N)(=O)=O)c3cc(-c4c(F)cccc4C(F)(F)F)c(F)cc23)[C@@H](C)C1. The molecule has 45 heavy (non-hydrogen) atoms. The number of fused-ring (bicyclic) bond motifs is 1. The lowest BCUT2D eigenvalue weighted by Gasteiger charge is -2.40. The van der Waals surface area contributed by atoms with E-state index < -0.39 is 61.3 Å². The van der Waals surface area contributed by atoms with Crippen LogP contribution in [0, 0.1) is 18.6 Å². The van der Waals surface area contributed by atoms with E-state index in [1.165, 1.54) is 17.9 Å². The highest BCUT2D eigenvalue weighted by atomic mass is 32.2. The van der Waals surface area contributed by atoms with E-state index in [1.807, 2.05) is 0 Å². The van der Waals surface area contributed by atoms with Crippen molar-refractivity contribution in [3.8, 4) is 16.8 Å². The molecule has 2 N–H and O–H groups in total. The van der Waals surface area contributed by atoms with E-state index in [2.05, 4.69) is 16.5 Å². The number of amides is 1. The lowest BCUT2D eigenvalue weighted by Crippen LogP contribution is -2.54. The summed E-state index contributed by atoms with van der Waals surface area (Å²) in [6, 6.07) is 4.67. The van der Waals surface area contributed by atoms with Crippen LogP contribution in [0.1, 0.15) is 18.1 Å². The Labute approximate surface area is 253 Å². The molecule has 10 nitrogen and oxygen atoms in total. The van der Waals surface area contributed by atoms with Crippen LogP contribution >= 0.6 is 0 Å². The number of benzene rings is 2. The molecule has 0 radical (unpaired) electrons. The minimum Gasteiger partial charge on any atom is -0.350 e. The molecule has 1 aliphatic rings. The van der Waals surface area contributed by atoms with Gasteiger partial charge in [-0.05, 0) is 55.8 Å². The predicted molar refractivity (Wildman–Crippen MR) is 155 cm³/mol. The van der Waals surface area contributed by atoms with Crippen molar-refractivity contribution in [3.05, 3.63) is 88.5 Å². The number of carbonyl (C=O) groups excluding carboxylic acids is 1. The summed E-state index contributed by atoms with van der Waals surface area (Å²) in [5.74, 6) is -3.07. The Bertz CT molecular complexity index is 2050. The molecule has 1 saturated heterocycles. The highest BCUT2D eigenvalue weighted by Crippen LogP contribution is 2.41. The Morgan fingerprint density at radius 3 is 2.47 bits per heavy atom.